The summed E-state index contributed by atoms with van der Waals surface area (Å²) in [5, 5.41) is 3.19. The molecule has 1 saturated heterocycles. The van der Waals surface area contributed by atoms with Crippen molar-refractivity contribution >= 4 is 27.7 Å². The molecule has 0 aliphatic carbocycles. The van der Waals surface area contributed by atoms with Crippen molar-refractivity contribution in [2.75, 3.05) is 37.2 Å². The van der Waals surface area contributed by atoms with Gasteiger partial charge in [-0.1, -0.05) is 0 Å². The van der Waals surface area contributed by atoms with Crippen LogP contribution < -0.4 is 11.1 Å². The van der Waals surface area contributed by atoms with Crippen LogP contribution in [0, 0.1) is 0 Å². The molecule has 0 bridgehead atoms. The van der Waals surface area contributed by atoms with E-state index in [1.54, 1.807) is 6.07 Å². The minimum Gasteiger partial charge on any atom is -0.383 e. The molecule has 3 N–H and O–H groups in total. The molecule has 17 heavy (non-hydrogen) atoms. The molecule has 2 rings (SSSR count). The van der Waals surface area contributed by atoms with Crippen LogP contribution in [0.4, 0.5) is 11.8 Å². The Bertz CT molecular complexity index is 345. The van der Waals surface area contributed by atoms with Crippen LogP contribution >= 0.6 is 15.9 Å². The van der Waals surface area contributed by atoms with Gasteiger partial charge in [0.1, 0.15) is 10.4 Å². The van der Waals surface area contributed by atoms with E-state index in [2.05, 4.69) is 36.1 Å². The average Bonchev–Trinajstić information content (AvgIpc) is 2.76. The largest absolute Gasteiger partial charge is 0.383 e. The van der Waals surface area contributed by atoms with E-state index < -0.39 is 0 Å². The second-order valence-corrected chi connectivity index (χ2v) is 5.08. The molecule has 1 aliphatic heterocycles. The number of nitrogens with zero attached hydrogens (tertiary/aromatic N) is 3. The number of likely N-dealkylation sites (tertiary alicyclic amines) is 1. The maximum atomic E-state index is 5.63. The van der Waals surface area contributed by atoms with Gasteiger partial charge in [-0.25, -0.2) is 4.98 Å². The summed E-state index contributed by atoms with van der Waals surface area (Å²) in [7, 11) is 0. The van der Waals surface area contributed by atoms with Crippen molar-refractivity contribution in [3.8, 4) is 0 Å². The Morgan fingerprint density at radius 1 is 1.35 bits per heavy atom. The van der Waals surface area contributed by atoms with Crippen molar-refractivity contribution in [1.29, 1.82) is 0 Å². The summed E-state index contributed by atoms with van der Waals surface area (Å²) in [4.78, 5) is 10.8. The molecular formula is C11H18BrN5. The molecular weight excluding hydrogens is 282 g/mol. The number of aromatic nitrogens is 2. The fraction of sp³-hybridized carbons (Fsp3) is 0.636. The monoisotopic (exact) mass is 299 g/mol. The molecule has 1 aromatic rings. The molecule has 0 spiro atoms. The molecule has 5 nitrogen and oxygen atoms in total. The summed E-state index contributed by atoms with van der Waals surface area (Å²) in [5.74, 6) is 1.08. The maximum Gasteiger partial charge on any atom is 0.225 e. The van der Waals surface area contributed by atoms with E-state index in [4.69, 9.17) is 5.73 Å². The number of nitrogens with one attached hydrogen (secondary N) is 1. The minimum atomic E-state index is 0.480. The Hall–Kier alpha value is -0.880. The van der Waals surface area contributed by atoms with Crippen LogP contribution in [-0.4, -0.2) is 41.0 Å². The van der Waals surface area contributed by atoms with Crippen molar-refractivity contribution in [3.63, 3.8) is 0 Å². The van der Waals surface area contributed by atoms with E-state index in [0.717, 1.165) is 19.5 Å². The first-order chi connectivity index (χ1) is 8.24. The van der Waals surface area contributed by atoms with Gasteiger partial charge < -0.3 is 16.0 Å². The van der Waals surface area contributed by atoms with Crippen LogP contribution in [0.15, 0.2) is 10.7 Å². The van der Waals surface area contributed by atoms with E-state index in [-0.39, 0.29) is 0 Å². The normalized spacial score (nSPS) is 16.3. The summed E-state index contributed by atoms with van der Waals surface area (Å²) in [5.41, 5.74) is 5.63. The standard InChI is InChI=1S/C11H18BrN5/c12-9-8-10(13)16-11(15-9)14-4-3-7-17-5-1-2-6-17/h8H,1-7H2,(H3,13,14,15,16). The molecule has 0 radical (unpaired) electrons. The first kappa shape index (κ1) is 12.6. The highest BCUT2D eigenvalue weighted by Gasteiger charge is 2.10. The lowest BCUT2D eigenvalue weighted by Crippen LogP contribution is -2.22. The number of rotatable bonds is 5. The Morgan fingerprint density at radius 2 is 2.12 bits per heavy atom. The molecule has 6 heteroatoms. The molecule has 94 valence electrons. The fourth-order valence-corrected chi connectivity index (χ4v) is 2.43. The zero-order valence-corrected chi connectivity index (χ0v) is 11.4. The van der Waals surface area contributed by atoms with Gasteiger partial charge >= 0.3 is 0 Å². The Kier molecular flexibility index (Phi) is 4.56. The van der Waals surface area contributed by atoms with Crippen LogP contribution in [0.25, 0.3) is 0 Å². The molecule has 0 aromatic carbocycles. The highest BCUT2D eigenvalue weighted by molar-refractivity contribution is 9.10. The summed E-state index contributed by atoms with van der Waals surface area (Å²) < 4.78 is 0.715. The highest BCUT2D eigenvalue weighted by atomic mass is 79.9. The smallest absolute Gasteiger partial charge is 0.225 e. The number of nitrogens with two attached hydrogens (primary N) is 1. The second-order valence-electron chi connectivity index (χ2n) is 4.27. The second kappa shape index (κ2) is 6.16. The van der Waals surface area contributed by atoms with Crippen LogP contribution in [0.5, 0.6) is 0 Å². The summed E-state index contributed by atoms with van der Waals surface area (Å²) >= 11 is 3.30. The topological polar surface area (TPSA) is 67.1 Å². The van der Waals surface area contributed by atoms with Gasteiger partial charge in [-0.3, -0.25) is 0 Å². The Labute approximate surface area is 110 Å². The molecule has 0 saturated carbocycles. The maximum absolute atomic E-state index is 5.63. The average molecular weight is 300 g/mol. The molecule has 1 fully saturated rings. The zero-order valence-electron chi connectivity index (χ0n) is 9.82. The van der Waals surface area contributed by atoms with E-state index in [0.29, 0.717) is 16.4 Å². The van der Waals surface area contributed by atoms with Crippen molar-refractivity contribution in [2.24, 2.45) is 0 Å². The lowest BCUT2D eigenvalue weighted by Gasteiger charge is -2.14. The van der Waals surface area contributed by atoms with Gasteiger partial charge in [0.15, 0.2) is 0 Å². The lowest BCUT2D eigenvalue weighted by molar-refractivity contribution is 0.337. The third-order valence-electron chi connectivity index (χ3n) is 2.85. The number of halogens is 1. The van der Waals surface area contributed by atoms with Crippen LogP contribution in [0.3, 0.4) is 0 Å². The number of anilines is 2. The van der Waals surface area contributed by atoms with Crippen molar-refractivity contribution in [2.45, 2.75) is 19.3 Å². The van der Waals surface area contributed by atoms with Crippen LogP contribution in [0.2, 0.25) is 0 Å². The van der Waals surface area contributed by atoms with Gasteiger partial charge in [0, 0.05) is 12.6 Å². The van der Waals surface area contributed by atoms with Crippen LogP contribution in [0.1, 0.15) is 19.3 Å². The highest BCUT2D eigenvalue weighted by Crippen LogP contribution is 2.12. The zero-order chi connectivity index (χ0) is 12.1. The molecule has 0 atom stereocenters. The Morgan fingerprint density at radius 3 is 2.82 bits per heavy atom. The molecule has 0 unspecified atom stereocenters. The van der Waals surface area contributed by atoms with Crippen molar-refractivity contribution in [3.05, 3.63) is 10.7 Å². The van der Waals surface area contributed by atoms with E-state index >= 15 is 0 Å². The fourth-order valence-electron chi connectivity index (χ4n) is 2.02. The Balaban J connectivity index is 1.70. The van der Waals surface area contributed by atoms with Crippen molar-refractivity contribution < 1.29 is 0 Å². The molecule has 1 aromatic heterocycles. The van der Waals surface area contributed by atoms with Gasteiger partial charge in [-0.15, -0.1) is 0 Å². The van der Waals surface area contributed by atoms with Crippen molar-refractivity contribution in [1.82, 2.24) is 14.9 Å². The van der Waals surface area contributed by atoms with Gasteiger partial charge in [0.2, 0.25) is 5.95 Å². The number of hydrogen-bond acceptors (Lipinski definition) is 5. The molecule has 1 aliphatic rings. The van der Waals surface area contributed by atoms with Gasteiger partial charge in [-0.2, -0.15) is 4.98 Å². The first-order valence-corrected chi connectivity index (χ1v) is 6.79. The minimum absolute atomic E-state index is 0.480. The first-order valence-electron chi connectivity index (χ1n) is 6.00. The third kappa shape index (κ3) is 4.12. The SMILES string of the molecule is Nc1cc(Br)nc(NCCCN2CCCC2)n1. The lowest BCUT2D eigenvalue weighted by atomic mass is 10.4. The number of hydrogen-bond donors (Lipinski definition) is 2. The van der Waals surface area contributed by atoms with Gasteiger partial charge in [-0.05, 0) is 54.8 Å². The predicted octanol–water partition coefficient (Wildman–Crippen LogP) is 1.72. The van der Waals surface area contributed by atoms with E-state index in [9.17, 15) is 0 Å². The summed E-state index contributed by atoms with van der Waals surface area (Å²) in [6.45, 7) is 4.53. The predicted molar refractivity (Wildman–Crippen MR) is 72.9 cm³/mol. The van der Waals surface area contributed by atoms with Gasteiger partial charge in [0.25, 0.3) is 0 Å². The van der Waals surface area contributed by atoms with E-state index in [1.165, 1.54) is 25.9 Å². The molecule has 0 amide bonds. The van der Waals surface area contributed by atoms with Gasteiger partial charge in [0.05, 0.1) is 0 Å². The summed E-state index contributed by atoms with van der Waals surface area (Å²) in [6.07, 6.45) is 3.80. The quantitative estimate of drug-likeness (QED) is 0.640. The number of nitrogen functional groups attached to an aromatic ring is 1. The molecule has 2 heterocycles. The van der Waals surface area contributed by atoms with Crippen LogP contribution in [-0.2, 0) is 0 Å². The van der Waals surface area contributed by atoms with E-state index in [1.807, 2.05) is 0 Å². The summed E-state index contributed by atoms with van der Waals surface area (Å²) in [6, 6.07) is 1.69. The third-order valence-corrected chi connectivity index (χ3v) is 3.25.